The lowest BCUT2D eigenvalue weighted by atomic mass is 9.95. The zero-order chi connectivity index (χ0) is 13.7. The van der Waals surface area contributed by atoms with E-state index in [2.05, 4.69) is 0 Å². The van der Waals surface area contributed by atoms with E-state index >= 15 is 0 Å². The van der Waals surface area contributed by atoms with E-state index in [-0.39, 0.29) is 12.2 Å². The molecule has 4 heteroatoms. The summed E-state index contributed by atoms with van der Waals surface area (Å²) in [5.74, 6) is 1.11. The summed E-state index contributed by atoms with van der Waals surface area (Å²) in [6.07, 6.45) is 2.44. The Morgan fingerprint density at radius 2 is 2.37 bits per heavy atom. The fourth-order valence-electron chi connectivity index (χ4n) is 2.36. The molecule has 1 saturated heterocycles. The van der Waals surface area contributed by atoms with Gasteiger partial charge in [-0.25, -0.2) is 0 Å². The Hall–Kier alpha value is -1.68. The third-order valence-corrected chi connectivity index (χ3v) is 3.40. The molecule has 0 amide bonds. The van der Waals surface area contributed by atoms with Gasteiger partial charge < -0.3 is 14.3 Å². The maximum Gasteiger partial charge on any atom is 0.169 e. The molecule has 0 spiro atoms. The van der Waals surface area contributed by atoms with E-state index in [9.17, 15) is 9.59 Å². The van der Waals surface area contributed by atoms with Crippen LogP contribution in [-0.4, -0.2) is 32.4 Å². The maximum atomic E-state index is 11.7. The van der Waals surface area contributed by atoms with Crippen molar-refractivity contribution in [3.05, 3.63) is 29.3 Å². The molecule has 1 aliphatic heterocycles. The maximum absolute atomic E-state index is 11.7. The highest BCUT2D eigenvalue weighted by Crippen LogP contribution is 2.26. The van der Waals surface area contributed by atoms with E-state index in [1.54, 1.807) is 19.2 Å². The van der Waals surface area contributed by atoms with Gasteiger partial charge in [0, 0.05) is 18.8 Å². The lowest BCUT2D eigenvalue weighted by Gasteiger charge is -2.13. The van der Waals surface area contributed by atoms with Gasteiger partial charge in [0.15, 0.2) is 5.78 Å². The molecule has 1 aromatic carbocycles. The summed E-state index contributed by atoms with van der Waals surface area (Å²) < 4.78 is 10.7. The van der Waals surface area contributed by atoms with E-state index in [4.69, 9.17) is 9.47 Å². The Balaban J connectivity index is 2.20. The van der Waals surface area contributed by atoms with Gasteiger partial charge in [-0.2, -0.15) is 0 Å². The first-order chi connectivity index (χ1) is 9.24. The molecule has 4 nitrogen and oxygen atoms in total. The molecule has 1 heterocycles. The number of aldehydes is 1. The van der Waals surface area contributed by atoms with Crippen molar-refractivity contribution < 1.29 is 19.1 Å². The van der Waals surface area contributed by atoms with Gasteiger partial charge in [0.05, 0.1) is 13.5 Å². The fraction of sp³-hybridized carbons (Fsp3) is 0.467. The molecule has 0 unspecified atom stereocenters. The van der Waals surface area contributed by atoms with Crippen LogP contribution in [-0.2, 0) is 16.0 Å². The van der Waals surface area contributed by atoms with Crippen molar-refractivity contribution in [2.75, 3.05) is 20.3 Å². The van der Waals surface area contributed by atoms with Gasteiger partial charge in [-0.3, -0.25) is 4.79 Å². The van der Waals surface area contributed by atoms with Gasteiger partial charge in [0.25, 0.3) is 0 Å². The number of ketones is 1. The number of hydrogen-bond donors (Lipinski definition) is 0. The van der Waals surface area contributed by atoms with Crippen LogP contribution in [0.1, 0.15) is 28.8 Å². The molecule has 0 aliphatic carbocycles. The highest BCUT2D eigenvalue weighted by molar-refractivity contribution is 6.02. The van der Waals surface area contributed by atoms with Crippen LogP contribution in [0.15, 0.2) is 18.2 Å². The summed E-state index contributed by atoms with van der Waals surface area (Å²) in [6.45, 7) is 1.56. The molecule has 0 N–H and O–H groups in total. The Labute approximate surface area is 112 Å². The zero-order valence-corrected chi connectivity index (χ0v) is 11.1. The topological polar surface area (TPSA) is 52.6 Å². The summed E-state index contributed by atoms with van der Waals surface area (Å²) in [7, 11) is 1.62. The lowest BCUT2D eigenvalue weighted by molar-refractivity contribution is -0.107. The van der Waals surface area contributed by atoms with Crippen molar-refractivity contribution in [1.82, 2.24) is 0 Å². The summed E-state index contributed by atoms with van der Waals surface area (Å²) in [4.78, 5) is 22.2. The highest BCUT2D eigenvalue weighted by Gasteiger charge is 2.19. The molecule has 1 fully saturated rings. The van der Waals surface area contributed by atoms with Gasteiger partial charge >= 0.3 is 0 Å². The molecule has 1 atom stereocenters. The van der Waals surface area contributed by atoms with Crippen LogP contribution in [0.2, 0.25) is 0 Å². The molecule has 0 saturated carbocycles. The first-order valence-corrected chi connectivity index (χ1v) is 6.46. The van der Waals surface area contributed by atoms with Crippen molar-refractivity contribution in [2.24, 2.45) is 5.92 Å². The second-order valence-electron chi connectivity index (χ2n) is 4.75. The molecule has 19 heavy (non-hydrogen) atoms. The molecule has 0 radical (unpaired) electrons. The zero-order valence-electron chi connectivity index (χ0n) is 11.1. The van der Waals surface area contributed by atoms with E-state index in [1.807, 2.05) is 6.07 Å². The number of carbonyl (C=O) groups excluding carboxylic acids is 2. The SMILES string of the molecule is COc1ccc(C(=O)CC=O)cc1C[C@@H]1CCOC1. The van der Waals surface area contributed by atoms with E-state index in [0.717, 1.165) is 37.4 Å². The minimum atomic E-state index is -0.151. The normalized spacial score (nSPS) is 18.3. The standard InChI is InChI=1S/C15H18O4/c1-18-15-3-2-12(14(17)4-6-16)9-13(15)8-11-5-7-19-10-11/h2-3,6,9,11H,4-5,7-8,10H2,1H3/t11-/m0/s1. The Morgan fingerprint density at radius 1 is 1.53 bits per heavy atom. The van der Waals surface area contributed by atoms with E-state index in [0.29, 0.717) is 17.8 Å². The molecule has 0 bridgehead atoms. The molecule has 2 rings (SSSR count). The first-order valence-electron chi connectivity index (χ1n) is 6.46. The second kappa shape index (κ2) is 6.48. The molecule has 102 valence electrons. The largest absolute Gasteiger partial charge is 0.496 e. The molecule has 1 aliphatic rings. The quantitative estimate of drug-likeness (QED) is 0.447. The van der Waals surface area contributed by atoms with Crippen LogP contribution >= 0.6 is 0 Å². The average molecular weight is 262 g/mol. The Morgan fingerprint density at radius 3 is 3.00 bits per heavy atom. The molecular formula is C15H18O4. The molecular weight excluding hydrogens is 244 g/mol. The minimum Gasteiger partial charge on any atom is -0.496 e. The van der Waals surface area contributed by atoms with E-state index < -0.39 is 0 Å². The summed E-state index contributed by atoms with van der Waals surface area (Å²) in [5.41, 5.74) is 1.58. The summed E-state index contributed by atoms with van der Waals surface area (Å²) in [5, 5.41) is 0. The van der Waals surface area contributed by atoms with Crippen LogP contribution in [0.5, 0.6) is 5.75 Å². The third-order valence-electron chi connectivity index (χ3n) is 3.40. The first kappa shape index (κ1) is 13.7. The number of Topliss-reactive ketones (excluding diaryl/α,β-unsaturated/α-hetero) is 1. The molecule has 0 aromatic heterocycles. The number of carbonyl (C=O) groups is 2. The van der Waals surface area contributed by atoms with Gasteiger partial charge in [-0.1, -0.05) is 0 Å². The monoisotopic (exact) mass is 262 g/mol. The van der Waals surface area contributed by atoms with Gasteiger partial charge in [-0.05, 0) is 42.5 Å². The van der Waals surface area contributed by atoms with Crippen LogP contribution in [0.25, 0.3) is 0 Å². The Kier molecular flexibility index (Phi) is 4.68. The van der Waals surface area contributed by atoms with Crippen molar-refractivity contribution in [2.45, 2.75) is 19.3 Å². The minimum absolute atomic E-state index is 0.0711. The smallest absolute Gasteiger partial charge is 0.169 e. The Bertz CT molecular complexity index is 461. The highest BCUT2D eigenvalue weighted by atomic mass is 16.5. The van der Waals surface area contributed by atoms with Crippen molar-refractivity contribution in [3.63, 3.8) is 0 Å². The van der Waals surface area contributed by atoms with Crippen LogP contribution < -0.4 is 4.74 Å². The van der Waals surface area contributed by atoms with Gasteiger partial charge in [-0.15, -0.1) is 0 Å². The number of methoxy groups -OCH3 is 1. The van der Waals surface area contributed by atoms with Crippen LogP contribution in [0.4, 0.5) is 0 Å². The van der Waals surface area contributed by atoms with Crippen LogP contribution in [0.3, 0.4) is 0 Å². The van der Waals surface area contributed by atoms with Gasteiger partial charge in [0.1, 0.15) is 12.0 Å². The summed E-state index contributed by atoms with van der Waals surface area (Å²) >= 11 is 0. The number of rotatable bonds is 6. The van der Waals surface area contributed by atoms with Crippen molar-refractivity contribution in [3.8, 4) is 5.75 Å². The number of ether oxygens (including phenoxy) is 2. The predicted molar refractivity (Wildman–Crippen MR) is 70.6 cm³/mol. The summed E-state index contributed by atoms with van der Waals surface area (Å²) in [6, 6.07) is 5.34. The third kappa shape index (κ3) is 3.41. The number of benzene rings is 1. The van der Waals surface area contributed by atoms with Gasteiger partial charge in [0.2, 0.25) is 0 Å². The fourth-order valence-corrected chi connectivity index (χ4v) is 2.36. The second-order valence-corrected chi connectivity index (χ2v) is 4.75. The molecule has 1 aromatic rings. The van der Waals surface area contributed by atoms with Crippen LogP contribution in [0, 0.1) is 5.92 Å². The van der Waals surface area contributed by atoms with E-state index in [1.165, 1.54) is 0 Å². The average Bonchev–Trinajstić information content (AvgIpc) is 2.92. The lowest BCUT2D eigenvalue weighted by Crippen LogP contribution is -2.07. The number of hydrogen-bond acceptors (Lipinski definition) is 4. The predicted octanol–water partition coefficient (Wildman–Crippen LogP) is 2.05. The van der Waals surface area contributed by atoms with Crippen molar-refractivity contribution >= 4 is 12.1 Å². The van der Waals surface area contributed by atoms with Crippen molar-refractivity contribution in [1.29, 1.82) is 0 Å².